The Morgan fingerprint density at radius 2 is 1.83 bits per heavy atom. The van der Waals surface area contributed by atoms with E-state index in [0.29, 0.717) is 26.1 Å². The monoisotopic (exact) mass is 348 g/mol. The fourth-order valence-electron chi connectivity index (χ4n) is 3.66. The highest BCUT2D eigenvalue weighted by Crippen LogP contribution is 2.41. The minimum Gasteiger partial charge on any atom is -0.338 e. The van der Waals surface area contributed by atoms with Crippen molar-refractivity contribution in [2.45, 2.75) is 19.3 Å². The second kappa shape index (κ2) is 6.69. The lowest BCUT2D eigenvalue weighted by Crippen LogP contribution is -2.43. The van der Waals surface area contributed by atoms with Gasteiger partial charge in [-0.2, -0.15) is 0 Å². The molecular weight excluding hydrogens is 324 g/mol. The number of hydrogen-bond donors (Lipinski definition) is 0. The highest BCUT2D eigenvalue weighted by molar-refractivity contribution is 7.88. The van der Waals surface area contributed by atoms with Crippen LogP contribution < -0.4 is 0 Å². The van der Waals surface area contributed by atoms with Gasteiger partial charge in [0.2, 0.25) is 15.9 Å². The number of nitrogens with zero attached hydrogens (tertiary/aromatic N) is 2. The largest absolute Gasteiger partial charge is 0.338 e. The van der Waals surface area contributed by atoms with E-state index in [-0.39, 0.29) is 11.3 Å². The van der Waals surface area contributed by atoms with Crippen LogP contribution in [0.3, 0.4) is 0 Å². The van der Waals surface area contributed by atoms with Gasteiger partial charge in [0.15, 0.2) is 0 Å². The molecule has 1 aromatic rings. The molecule has 2 aliphatic heterocycles. The number of sulfonamides is 1. The van der Waals surface area contributed by atoms with Gasteiger partial charge in [-0.1, -0.05) is 42.5 Å². The molecule has 0 saturated carbocycles. The van der Waals surface area contributed by atoms with E-state index in [1.54, 1.807) is 0 Å². The number of amides is 1. The first-order chi connectivity index (χ1) is 11.4. The van der Waals surface area contributed by atoms with E-state index in [1.165, 1.54) is 10.6 Å². The average molecular weight is 348 g/mol. The molecule has 6 heteroatoms. The number of hydrogen-bond acceptors (Lipinski definition) is 3. The topological polar surface area (TPSA) is 57.7 Å². The second-order valence-corrected chi connectivity index (χ2v) is 8.91. The van der Waals surface area contributed by atoms with Crippen LogP contribution in [-0.4, -0.2) is 56.0 Å². The van der Waals surface area contributed by atoms with Gasteiger partial charge in [-0.15, -0.1) is 0 Å². The van der Waals surface area contributed by atoms with Gasteiger partial charge in [0.05, 0.1) is 6.26 Å². The summed E-state index contributed by atoms with van der Waals surface area (Å²) in [5.41, 5.74) is 1.08. The highest BCUT2D eigenvalue weighted by atomic mass is 32.2. The van der Waals surface area contributed by atoms with Gasteiger partial charge < -0.3 is 4.90 Å². The van der Waals surface area contributed by atoms with Crippen LogP contribution in [0, 0.1) is 5.41 Å². The first-order valence-corrected chi connectivity index (χ1v) is 10.2. The zero-order valence-corrected chi connectivity index (χ0v) is 14.8. The van der Waals surface area contributed by atoms with Gasteiger partial charge >= 0.3 is 0 Å². The molecule has 130 valence electrons. The third kappa shape index (κ3) is 3.87. The zero-order chi connectivity index (χ0) is 17.2. The molecule has 0 radical (unpaired) electrons. The zero-order valence-electron chi connectivity index (χ0n) is 14.0. The van der Waals surface area contributed by atoms with E-state index in [4.69, 9.17) is 0 Å². The summed E-state index contributed by atoms with van der Waals surface area (Å²) < 4.78 is 24.8. The Kier molecular flexibility index (Phi) is 4.78. The lowest BCUT2D eigenvalue weighted by atomic mass is 9.78. The molecule has 1 spiro atoms. The Hall–Kier alpha value is -1.66. The van der Waals surface area contributed by atoms with E-state index in [2.05, 4.69) is 0 Å². The lowest BCUT2D eigenvalue weighted by molar-refractivity contribution is -0.127. The van der Waals surface area contributed by atoms with Crippen LogP contribution in [0.25, 0.3) is 6.08 Å². The van der Waals surface area contributed by atoms with E-state index in [0.717, 1.165) is 24.9 Å². The van der Waals surface area contributed by atoms with Crippen molar-refractivity contribution in [3.63, 3.8) is 0 Å². The Morgan fingerprint density at radius 3 is 2.46 bits per heavy atom. The van der Waals surface area contributed by atoms with E-state index >= 15 is 0 Å². The quantitative estimate of drug-likeness (QED) is 0.836. The molecule has 1 aromatic carbocycles. The molecule has 0 aromatic heterocycles. The van der Waals surface area contributed by atoms with Crippen molar-refractivity contribution in [3.8, 4) is 0 Å². The van der Waals surface area contributed by atoms with Gasteiger partial charge in [0.1, 0.15) is 0 Å². The Labute approximate surface area is 144 Å². The molecule has 0 unspecified atom stereocenters. The predicted molar refractivity (Wildman–Crippen MR) is 94.8 cm³/mol. The normalized spacial score (nSPS) is 21.9. The molecule has 0 N–H and O–H groups in total. The van der Waals surface area contributed by atoms with Gasteiger partial charge in [-0.25, -0.2) is 12.7 Å². The number of carbonyl (C=O) groups is 1. The summed E-state index contributed by atoms with van der Waals surface area (Å²) in [4.78, 5) is 14.2. The van der Waals surface area contributed by atoms with Gasteiger partial charge in [0.25, 0.3) is 0 Å². The molecule has 1 amide bonds. The van der Waals surface area contributed by atoms with E-state index < -0.39 is 10.0 Å². The van der Waals surface area contributed by atoms with Crippen molar-refractivity contribution in [2.24, 2.45) is 5.41 Å². The first-order valence-electron chi connectivity index (χ1n) is 8.33. The summed E-state index contributed by atoms with van der Waals surface area (Å²) in [7, 11) is -3.12. The minimum atomic E-state index is -3.12. The Morgan fingerprint density at radius 1 is 1.17 bits per heavy atom. The third-order valence-electron chi connectivity index (χ3n) is 5.09. The van der Waals surface area contributed by atoms with Crippen molar-refractivity contribution >= 4 is 22.0 Å². The molecule has 2 saturated heterocycles. The summed E-state index contributed by atoms with van der Waals surface area (Å²) in [5, 5.41) is 0. The minimum absolute atomic E-state index is 0.0428. The Balaban J connectivity index is 1.57. The smallest absolute Gasteiger partial charge is 0.223 e. The number of benzene rings is 1. The maximum atomic E-state index is 12.3. The maximum Gasteiger partial charge on any atom is 0.223 e. The average Bonchev–Trinajstić information content (AvgIpc) is 2.83. The van der Waals surface area contributed by atoms with Crippen LogP contribution in [0.5, 0.6) is 0 Å². The van der Waals surface area contributed by atoms with E-state index in [9.17, 15) is 13.2 Å². The number of rotatable bonds is 4. The third-order valence-corrected chi connectivity index (χ3v) is 6.40. The molecule has 0 bridgehead atoms. The van der Waals surface area contributed by atoms with Crippen molar-refractivity contribution in [1.82, 2.24) is 9.21 Å². The van der Waals surface area contributed by atoms with E-state index in [1.807, 2.05) is 47.4 Å². The number of likely N-dealkylation sites (tertiary alicyclic amines) is 1. The number of piperidine rings is 1. The van der Waals surface area contributed by atoms with Crippen LogP contribution in [0.1, 0.15) is 24.8 Å². The van der Waals surface area contributed by atoms with Crippen LogP contribution in [0.15, 0.2) is 36.4 Å². The second-order valence-electron chi connectivity index (χ2n) is 6.93. The predicted octanol–water partition coefficient (Wildman–Crippen LogP) is 1.97. The lowest BCUT2D eigenvalue weighted by Gasteiger charge is -2.37. The number of carbonyl (C=O) groups excluding carboxylic acids is 1. The standard InChI is InChI=1S/C18H24N2O3S/c1-24(22,23)20-12-9-18(10-13-20)14-17(21)19(15-18)11-5-8-16-6-3-2-4-7-16/h2-8H,9-15H2,1H3. The summed E-state index contributed by atoms with van der Waals surface area (Å²) in [5.74, 6) is 0.181. The van der Waals surface area contributed by atoms with Gasteiger partial charge in [-0.3, -0.25) is 4.79 Å². The first kappa shape index (κ1) is 17.2. The van der Waals surface area contributed by atoms with Gasteiger partial charge in [0, 0.05) is 32.6 Å². The van der Waals surface area contributed by atoms with Crippen LogP contribution in [0.2, 0.25) is 0 Å². The highest BCUT2D eigenvalue weighted by Gasteiger charge is 2.45. The Bertz CT molecular complexity index is 720. The molecule has 5 nitrogen and oxygen atoms in total. The molecule has 3 rings (SSSR count). The fourth-order valence-corrected chi connectivity index (χ4v) is 4.50. The molecule has 2 aliphatic rings. The van der Waals surface area contributed by atoms with Crippen molar-refractivity contribution < 1.29 is 13.2 Å². The molecule has 0 aliphatic carbocycles. The van der Waals surface area contributed by atoms with Gasteiger partial charge in [-0.05, 0) is 23.8 Å². The molecule has 2 heterocycles. The molecule has 0 atom stereocenters. The van der Waals surface area contributed by atoms with Crippen molar-refractivity contribution in [2.75, 3.05) is 32.4 Å². The maximum absolute atomic E-state index is 12.3. The van der Waals surface area contributed by atoms with Crippen LogP contribution in [-0.2, 0) is 14.8 Å². The summed E-state index contributed by atoms with van der Waals surface area (Å²) >= 11 is 0. The summed E-state index contributed by atoms with van der Waals surface area (Å²) in [6.07, 6.45) is 7.40. The summed E-state index contributed by atoms with van der Waals surface area (Å²) in [6, 6.07) is 10.0. The van der Waals surface area contributed by atoms with Crippen LogP contribution >= 0.6 is 0 Å². The van der Waals surface area contributed by atoms with Crippen molar-refractivity contribution in [1.29, 1.82) is 0 Å². The molecule has 2 fully saturated rings. The SMILES string of the molecule is CS(=O)(=O)N1CCC2(CC1)CC(=O)N(CC=Cc1ccccc1)C2. The summed E-state index contributed by atoms with van der Waals surface area (Å²) in [6.45, 7) is 2.41. The van der Waals surface area contributed by atoms with Crippen molar-refractivity contribution in [3.05, 3.63) is 42.0 Å². The molecule has 24 heavy (non-hydrogen) atoms. The van der Waals surface area contributed by atoms with Crippen LogP contribution in [0.4, 0.5) is 0 Å². The fraction of sp³-hybridized carbons (Fsp3) is 0.500. The molecular formula is C18H24N2O3S.